The number of hydrogen-bond donors (Lipinski definition) is 1. The minimum Gasteiger partial charge on any atom is -0.497 e. The number of aromatic nitrogens is 3. The Morgan fingerprint density at radius 3 is 2.41 bits per heavy atom. The van der Waals surface area contributed by atoms with Gasteiger partial charge < -0.3 is 24.3 Å². The minimum absolute atomic E-state index is 0.0941. The van der Waals surface area contributed by atoms with Crippen LogP contribution in [0.1, 0.15) is 30.9 Å². The van der Waals surface area contributed by atoms with E-state index in [1.165, 1.54) is 0 Å². The number of hydrogen-bond acceptors (Lipinski definition) is 8. The Labute approximate surface area is 197 Å². The molecular formula is C25H26N4O5. The van der Waals surface area contributed by atoms with Crippen LogP contribution < -0.4 is 24.3 Å². The van der Waals surface area contributed by atoms with Gasteiger partial charge in [-0.3, -0.25) is 4.79 Å². The van der Waals surface area contributed by atoms with E-state index in [9.17, 15) is 4.79 Å². The maximum Gasteiger partial charge on any atom is 0.226 e. The maximum absolute atomic E-state index is 13.2. The number of Topliss-reactive ketones (excluding diaryl/α,β-unsaturated/α-hetero) is 1. The molecule has 0 amide bonds. The molecule has 0 spiro atoms. The van der Waals surface area contributed by atoms with Gasteiger partial charge in [0.25, 0.3) is 0 Å². The Morgan fingerprint density at radius 2 is 1.74 bits per heavy atom. The number of rotatable bonds is 6. The molecule has 2 aliphatic rings. The second-order valence-electron chi connectivity index (χ2n) is 8.09. The summed E-state index contributed by atoms with van der Waals surface area (Å²) in [6.45, 7) is 0. The van der Waals surface area contributed by atoms with Gasteiger partial charge in [-0.05, 0) is 42.7 Å². The van der Waals surface area contributed by atoms with Crippen molar-refractivity contribution >= 4 is 11.7 Å². The van der Waals surface area contributed by atoms with Crippen molar-refractivity contribution in [3.05, 3.63) is 53.2 Å². The van der Waals surface area contributed by atoms with E-state index in [1.54, 1.807) is 33.1 Å². The van der Waals surface area contributed by atoms with Crippen molar-refractivity contribution in [3.63, 3.8) is 0 Å². The van der Waals surface area contributed by atoms with Crippen molar-refractivity contribution in [3.8, 4) is 34.4 Å². The lowest BCUT2D eigenvalue weighted by atomic mass is 9.85. The molecule has 0 saturated heterocycles. The molecule has 1 aliphatic heterocycles. The first-order chi connectivity index (χ1) is 16.6. The lowest BCUT2D eigenvalue weighted by Crippen LogP contribution is -2.31. The summed E-state index contributed by atoms with van der Waals surface area (Å²) in [5, 5.41) is 8.18. The molecule has 0 saturated carbocycles. The number of allylic oxidation sites excluding steroid dienone is 2. The van der Waals surface area contributed by atoms with E-state index in [-0.39, 0.29) is 5.78 Å². The lowest BCUT2D eigenvalue weighted by Gasteiger charge is -2.32. The summed E-state index contributed by atoms with van der Waals surface area (Å²) in [4.78, 5) is 17.9. The molecule has 1 N–H and O–H groups in total. The van der Waals surface area contributed by atoms with Crippen LogP contribution >= 0.6 is 0 Å². The first kappa shape index (κ1) is 21.8. The Balaban J connectivity index is 1.70. The van der Waals surface area contributed by atoms with Gasteiger partial charge in [-0.1, -0.05) is 12.1 Å². The molecule has 1 aliphatic carbocycles. The smallest absolute Gasteiger partial charge is 0.226 e. The molecule has 176 valence electrons. The molecule has 34 heavy (non-hydrogen) atoms. The average molecular weight is 463 g/mol. The molecule has 0 radical (unpaired) electrons. The Bertz CT molecular complexity index is 1270. The first-order valence-corrected chi connectivity index (χ1v) is 11.0. The quantitative estimate of drug-likeness (QED) is 0.587. The fraction of sp³-hybridized carbons (Fsp3) is 0.320. The average Bonchev–Trinajstić information content (AvgIpc) is 3.30. The van der Waals surface area contributed by atoms with Crippen molar-refractivity contribution < 1.29 is 23.7 Å². The number of nitrogens with zero attached hydrogens (tertiary/aromatic N) is 3. The molecule has 9 heteroatoms. The highest BCUT2D eigenvalue weighted by Gasteiger charge is 2.38. The van der Waals surface area contributed by atoms with Crippen molar-refractivity contribution in [1.29, 1.82) is 0 Å². The Morgan fingerprint density at radius 1 is 0.971 bits per heavy atom. The number of carbonyl (C=O) groups is 1. The third-order valence-corrected chi connectivity index (χ3v) is 6.20. The summed E-state index contributed by atoms with van der Waals surface area (Å²) >= 11 is 0. The number of ketones is 1. The lowest BCUT2D eigenvalue weighted by molar-refractivity contribution is -0.116. The van der Waals surface area contributed by atoms with E-state index >= 15 is 0 Å². The molecule has 2 heterocycles. The van der Waals surface area contributed by atoms with Gasteiger partial charge in [-0.2, -0.15) is 4.98 Å². The van der Waals surface area contributed by atoms with Gasteiger partial charge >= 0.3 is 0 Å². The number of ether oxygens (including phenoxy) is 4. The Kier molecular flexibility index (Phi) is 5.61. The van der Waals surface area contributed by atoms with Crippen molar-refractivity contribution in [2.24, 2.45) is 0 Å². The van der Waals surface area contributed by atoms with E-state index in [0.29, 0.717) is 46.8 Å². The normalized spacial score (nSPS) is 16.9. The van der Waals surface area contributed by atoms with Crippen LogP contribution in [0.15, 0.2) is 47.7 Å². The van der Waals surface area contributed by atoms with Gasteiger partial charge in [0, 0.05) is 23.3 Å². The zero-order valence-electron chi connectivity index (χ0n) is 19.5. The van der Waals surface area contributed by atoms with Gasteiger partial charge in [0.1, 0.15) is 11.8 Å². The van der Waals surface area contributed by atoms with Gasteiger partial charge in [0.05, 0.1) is 28.4 Å². The number of anilines is 1. The largest absolute Gasteiger partial charge is 0.497 e. The predicted molar refractivity (Wildman–Crippen MR) is 126 cm³/mol. The van der Waals surface area contributed by atoms with Crippen molar-refractivity contribution in [2.45, 2.75) is 25.3 Å². The molecule has 3 aromatic rings. The fourth-order valence-electron chi connectivity index (χ4n) is 4.61. The monoisotopic (exact) mass is 462 g/mol. The van der Waals surface area contributed by atoms with E-state index < -0.39 is 6.04 Å². The van der Waals surface area contributed by atoms with Crippen LogP contribution in [0.5, 0.6) is 23.0 Å². The third kappa shape index (κ3) is 3.53. The highest BCUT2D eigenvalue weighted by Crippen LogP contribution is 2.45. The number of fused-ring (bicyclic) bond motifs is 1. The van der Waals surface area contributed by atoms with E-state index in [0.717, 1.165) is 29.7 Å². The molecule has 1 atom stereocenters. The van der Waals surface area contributed by atoms with Gasteiger partial charge in [-0.15, -0.1) is 5.10 Å². The number of benzene rings is 2. The Hall–Kier alpha value is -4.01. The van der Waals surface area contributed by atoms with Crippen LogP contribution in [0.3, 0.4) is 0 Å². The molecule has 0 bridgehead atoms. The number of carbonyl (C=O) groups excluding carboxylic acids is 1. The summed E-state index contributed by atoms with van der Waals surface area (Å²) in [6.07, 6.45) is 2.06. The molecule has 9 nitrogen and oxygen atoms in total. The highest BCUT2D eigenvalue weighted by molar-refractivity contribution is 5.99. The van der Waals surface area contributed by atoms with Crippen LogP contribution in [0.25, 0.3) is 11.4 Å². The van der Waals surface area contributed by atoms with E-state index in [4.69, 9.17) is 29.0 Å². The fourth-order valence-corrected chi connectivity index (χ4v) is 4.61. The zero-order chi connectivity index (χ0) is 23.8. The van der Waals surface area contributed by atoms with Gasteiger partial charge in [0.15, 0.2) is 23.1 Å². The highest BCUT2D eigenvalue weighted by atomic mass is 16.5. The van der Waals surface area contributed by atoms with Crippen LogP contribution in [-0.2, 0) is 4.79 Å². The molecular weight excluding hydrogens is 436 g/mol. The number of nitrogens with one attached hydrogen (secondary N) is 1. The zero-order valence-corrected chi connectivity index (χ0v) is 19.5. The molecule has 1 unspecified atom stereocenters. The van der Waals surface area contributed by atoms with Crippen LogP contribution in [0, 0.1) is 0 Å². The summed E-state index contributed by atoms with van der Waals surface area (Å²) < 4.78 is 23.8. The molecule has 5 rings (SSSR count). The summed E-state index contributed by atoms with van der Waals surface area (Å²) in [6, 6.07) is 10.8. The van der Waals surface area contributed by atoms with Crippen LogP contribution in [-0.4, -0.2) is 49.0 Å². The first-order valence-electron chi connectivity index (χ1n) is 11.0. The SMILES string of the molecule is COc1cccc(-c2nc3n(n2)C(c2cc(OC)c(OC)c(OC)c2)C2=C(CCCC2=O)N3)c1. The predicted octanol–water partition coefficient (Wildman–Crippen LogP) is 4.00. The van der Waals surface area contributed by atoms with E-state index in [1.807, 2.05) is 36.4 Å². The van der Waals surface area contributed by atoms with Gasteiger partial charge in [0.2, 0.25) is 11.7 Å². The van der Waals surface area contributed by atoms with Crippen LogP contribution in [0.2, 0.25) is 0 Å². The van der Waals surface area contributed by atoms with E-state index in [2.05, 4.69) is 5.32 Å². The van der Waals surface area contributed by atoms with Crippen molar-refractivity contribution in [1.82, 2.24) is 14.8 Å². The van der Waals surface area contributed by atoms with Crippen molar-refractivity contribution in [2.75, 3.05) is 33.8 Å². The minimum atomic E-state index is -0.486. The maximum atomic E-state index is 13.2. The summed E-state index contributed by atoms with van der Waals surface area (Å²) in [5.41, 5.74) is 3.18. The molecule has 0 fully saturated rings. The standard InChI is InChI=1S/C25H26N4O5/c1-31-16-8-5-7-14(11-16)24-27-25-26-17-9-6-10-18(30)21(17)22(29(25)28-24)15-12-19(32-2)23(34-4)20(13-15)33-3/h5,7-8,11-13,22H,6,9-10H2,1-4H3,(H,26,27,28). The molecule has 2 aromatic carbocycles. The number of methoxy groups -OCH3 is 4. The topological polar surface area (TPSA) is 96.7 Å². The van der Waals surface area contributed by atoms with Crippen LogP contribution in [0.4, 0.5) is 5.95 Å². The summed E-state index contributed by atoms with van der Waals surface area (Å²) in [5.74, 6) is 3.42. The molecule has 1 aromatic heterocycles. The second kappa shape index (κ2) is 8.74. The third-order valence-electron chi connectivity index (χ3n) is 6.20. The second-order valence-corrected chi connectivity index (χ2v) is 8.09. The van der Waals surface area contributed by atoms with Gasteiger partial charge in [-0.25, -0.2) is 4.68 Å². The summed E-state index contributed by atoms with van der Waals surface area (Å²) in [7, 11) is 6.33.